The molecule has 2 aromatic rings. The molecule has 6 nitrogen and oxygen atoms in total. The normalized spacial score (nSPS) is 15.4. The van der Waals surface area contributed by atoms with Gasteiger partial charge in [0, 0.05) is 33.2 Å². The van der Waals surface area contributed by atoms with Crippen molar-refractivity contribution < 1.29 is 4.79 Å². The summed E-state index contributed by atoms with van der Waals surface area (Å²) in [5, 5.41) is 8.11. The molecule has 1 fully saturated rings. The fourth-order valence-electron chi connectivity index (χ4n) is 3.19. The van der Waals surface area contributed by atoms with Crippen molar-refractivity contribution in [3.63, 3.8) is 0 Å². The van der Waals surface area contributed by atoms with Gasteiger partial charge < -0.3 is 10.2 Å². The lowest BCUT2D eigenvalue weighted by Crippen LogP contribution is -2.48. The molecule has 1 saturated heterocycles. The summed E-state index contributed by atoms with van der Waals surface area (Å²) in [6.07, 6.45) is 0. The summed E-state index contributed by atoms with van der Waals surface area (Å²) >= 11 is 6.27. The maximum Gasteiger partial charge on any atom is 0.238 e. The molecule has 0 spiro atoms. The lowest BCUT2D eigenvalue weighted by molar-refractivity contribution is -0.117. The van der Waals surface area contributed by atoms with Crippen LogP contribution < -0.4 is 10.2 Å². The van der Waals surface area contributed by atoms with E-state index < -0.39 is 0 Å². The van der Waals surface area contributed by atoms with Gasteiger partial charge in [-0.15, -0.1) is 0 Å². The number of anilines is 2. The van der Waals surface area contributed by atoms with Crippen molar-refractivity contribution in [3.05, 3.63) is 40.7 Å². The minimum absolute atomic E-state index is 0.00499. The standard InChI is InChI=1S/C18H24ClN5O/c1-13-18(14(2)22(3)21-13)20-17(25)12-23-8-10-24(11-9-23)16-7-5-4-6-15(16)19/h4-7H,8-12H2,1-3H3,(H,20,25). The van der Waals surface area contributed by atoms with E-state index in [1.54, 1.807) is 4.68 Å². The number of carbonyl (C=O) groups is 1. The molecular formula is C18H24ClN5O. The predicted octanol–water partition coefficient (Wildman–Crippen LogP) is 2.45. The Morgan fingerprint density at radius 1 is 1.20 bits per heavy atom. The van der Waals surface area contributed by atoms with Gasteiger partial charge in [-0.05, 0) is 26.0 Å². The zero-order chi connectivity index (χ0) is 18.0. The molecule has 1 aliphatic rings. The van der Waals surface area contributed by atoms with E-state index in [-0.39, 0.29) is 5.91 Å². The summed E-state index contributed by atoms with van der Waals surface area (Å²) < 4.78 is 1.79. The monoisotopic (exact) mass is 361 g/mol. The number of para-hydroxylation sites is 1. The summed E-state index contributed by atoms with van der Waals surface area (Å²) in [5.41, 5.74) is 3.70. The minimum Gasteiger partial charge on any atom is -0.368 e. The summed E-state index contributed by atoms with van der Waals surface area (Å²) in [6, 6.07) is 7.89. The zero-order valence-corrected chi connectivity index (χ0v) is 15.7. The molecule has 134 valence electrons. The van der Waals surface area contributed by atoms with Crippen molar-refractivity contribution in [2.75, 3.05) is 42.9 Å². The number of hydrogen-bond acceptors (Lipinski definition) is 4. The number of carbonyl (C=O) groups excluding carboxylic acids is 1. The molecule has 1 aliphatic heterocycles. The zero-order valence-electron chi connectivity index (χ0n) is 14.9. The van der Waals surface area contributed by atoms with Gasteiger partial charge in [-0.3, -0.25) is 14.4 Å². The molecular weight excluding hydrogens is 338 g/mol. The summed E-state index contributed by atoms with van der Waals surface area (Å²) in [5.74, 6) is 0.00499. The third kappa shape index (κ3) is 3.96. The molecule has 2 heterocycles. The number of halogens is 1. The van der Waals surface area contributed by atoms with E-state index in [0.717, 1.165) is 54.0 Å². The van der Waals surface area contributed by atoms with Crippen LogP contribution in [0.1, 0.15) is 11.4 Å². The SMILES string of the molecule is Cc1nn(C)c(C)c1NC(=O)CN1CCN(c2ccccc2Cl)CC1. The number of rotatable bonds is 4. The average molecular weight is 362 g/mol. The van der Waals surface area contributed by atoms with Crippen LogP contribution in [-0.4, -0.2) is 53.3 Å². The Morgan fingerprint density at radius 2 is 1.88 bits per heavy atom. The van der Waals surface area contributed by atoms with Crippen LogP contribution in [0.2, 0.25) is 5.02 Å². The first kappa shape index (κ1) is 17.8. The van der Waals surface area contributed by atoms with Crippen molar-refractivity contribution in [1.82, 2.24) is 14.7 Å². The van der Waals surface area contributed by atoms with Gasteiger partial charge in [0.25, 0.3) is 0 Å². The minimum atomic E-state index is 0.00499. The highest BCUT2D eigenvalue weighted by Gasteiger charge is 2.21. The molecule has 0 radical (unpaired) electrons. The number of amides is 1. The highest BCUT2D eigenvalue weighted by atomic mass is 35.5. The summed E-state index contributed by atoms with van der Waals surface area (Å²) in [7, 11) is 1.88. The van der Waals surface area contributed by atoms with Gasteiger partial charge in [0.2, 0.25) is 5.91 Å². The van der Waals surface area contributed by atoms with Crippen molar-refractivity contribution in [1.29, 1.82) is 0 Å². The van der Waals surface area contributed by atoms with Crippen LogP contribution in [0, 0.1) is 13.8 Å². The lowest BCUT2D eigenvalue weighted by Gasteiger charge is -2.36. The van der Waals surface area contributed by atoms with Gasteiger partial charge in [0.05, 0.1) is 34.3 Å². The van der Waals surface area contributed by atoms with Crippen LogP contribution >= 0.6 is 11.6 Å². The Kier molecular flexibility index (Phi) is 5.30. The molecule has 1 aromatic heterocycles. The Morgan fingerprint density at radius 3 is 2.48 bits per heavy atom. The van der Waals surface area contributed by atoms with Crippen molar-refractivity contribution >= 4 is 28.9 Å². The smallest absolute Gasteiger partial charge is 0.238 e. The van der Waals surface area contributed by atoms with Crippen LogP contribution in [0.4, 0.5) is 11.4 Å². The van der Waals surface area contributed by atoms with Gasteiger partial charge in [-0.1, -0.05) is 23.7 Å². The lowest BCUT2D eigenvalue weighted by atomic mass is 10.2. The van der Waals surface area contributed by atoms with E-state index in [1.807, 2.05) is 45.2 Å². The second-order valence-corrected chi connectivity index (χ2v) is 6.84. The number of benzene rings is 1. The Balaban J connectivity index is 1.54. The van der Waals surface area contributed by atoms with E-state index in [2.05, 4.69) is 20.2 Å². The summed E-state index contributed by atoms with van der Waals surface area (Å²) in [4.78, 5) is 16.8. The van der Waals surface area contributed by atoms with Crippen molar-refractivity contribution in [3.8, 4) is 0 Å². The van der Waals surface area contributed by atoms with Crippen LogP contribution in [0.5, 0.6) is 0 Å². The Hall–Kier alpha value is -2.05. The third-order valence-corrected chi connectivity index (χ3v) is 5.03. The highest BCUT2D eigenvalue weighted by molar-refractivity contribution is 6.33. The second-order valence-electron chi connectivity index (χ2n) is 6.43. The average Bonchev–Trinajstić information content (AvgIpc) is 2.82. The van der Waals surface area contributed by atoms with Crippen LogP contribution in [0.3, 0.4) is 0 Å². The van der Waals surface area contributed by atoms with E-state index >= 15 is 0 Å². The highest BCUT2D eigenvalue weighted by Crippen LogP contribution is 2.26. The van der Waals surface area contributed by atoms with Crippen molar-refractivity contribution in [2.45, 2.75) is 13.8 Å². The molecule has 0 saturated carbocycles. The maximum atomic E-state index is 12.4. The molecule has 3 rings (SSSR count). The van der Waals surface area contributed by atoms with Crippen LogP contribution in [-0.2, 0) is 11.8 Å². The molecule has 0 atom stereocenters. The number of aryl methyl sites for hydroxylation is 2. The maximum absolute atomic E-state index is 12.4. The Labute approximate surface area is 153 Å². The van der Waals surface area contributed by atoms with Gasteiger partial charge in [-0.2, -0.15) is 5.10 Å². The first-order valence-corrected chi connectivity index (χ1v) is 8.85. The largest absolute Gasteiger partial charge is 0.368 e. The first-order chi connectivity index (χ1) is 12.0. The van der Waals surface area contributed by atoms with Crippen LogP contribution in [0.25, 0.3) is 0 Å². The molecule has 1 N–H and O–H groups in total. The van der Waals surface area contributed by atoms with Gasteiger partial charge >= 0.3 is 0 Å². The molecule has 0 aliphatic carbocycles. The van der Waals surface area contributed by atoms with Gasteiger partial charge in [-0.25, -0.2) is 0 Å². The van der Waals surface area contributed by atoms with E-state index in [4.69, 9.17) is 11.6 Å². The van der Waals surface area contributed by atoms with E-state index in [1.165, 1.54) is 0 Å². The predicted molar refractivity (Wildman–Crippen MR) is 101 cm³/mol. The van der Waals surface area contributed by atoms with Crippen LogP contribution in [0.15, 0.2) is 24.3 Å². The number of nitrogens with one attached hydrogen (secondary N) is 1. The fourth-order valence-corrected chi connectivity index (χ4v) is 3.45. The fraction of sp³-hybridized carbons (Fsp3) is 0.444. The van der Waals surface area contributed by atoms with E-state index in [0.29, 0.717) is 6.54 Å². The molecule has 0 bridgehead atoms. The van der Waals surface area contributed by atoms with E-state index in [9.17, 15) is 4.79 Å². The number of piperazine rings is 1. The summed E-state index contributed by atoms with van der Waals surface area (Å²) in [6.45, 7) is 7.66. The number of nitrogens with zero attached hydrogens (tertiary/aromatic N) is 4. The molecule has 1 amide bonds. The third-order valence-electron chi connectivity index (χ3n) is 4.71. The second kappa shape index (κ2) is 7.45. The first-order valence-electron chi connectivity index (χ1n) is 8.47. The molecule has 1 aromatic carbocycles. The Bertz CT molecular complexity index is 765. The molecule has 7 heteroatoms. The number of hydrogen-bond donors (Lipinski definition) is 1. The van der Waals surface area contributed by atoms with Gasteiger partial charge in [0.1, 0.15) is 0 Å². The topological polar surface area (TPSA) is 53.4 Å². The molecule has 25 heavy (non-hydrogen) atoms. The quantitative estimate of drug-likeness (QED) is 0.908. The van der Waals surface area contributed by atoms with Gasteiger partial charge in [0.15, 0.2) is 0 Å². The molecule has 0 unspecified atom stereocenters. The van der Waals surface area contributed by atoms with Crippen molar-refractivity contribution in [2.24, 2.45) is 7.05 Å². The number of aromatic nitrogens is 2.